The van der Waals surface area contributed by atoms with E-state index in [9.17, 15) is 0 Å². The molecular weight excluding hydrogens is 136 g/mol. The van der Waals surface area contributed by atoms with Crippen LogP contribution >= 0.6 is 0 Å². The zero-order valence-corrected chi connectivity index (χ0v) is 8.36. The Hall–Kier alpha value is 0.354. The molecule has 4 heteroatoms. The summed E-state index contributed by atoms with van der Waals surface area (Å²) in [5, 5.41) is 0. The second-order valence-electron chi connectivity index (χ2n) is 2.19. The highest BCUT2D eigenvalue weighted by Crippen LogP contribution is 1.60. The quantitative estimate of drug-likeness (QED) is 0.477. The van der Waals surface area contributed by atoms with Crippen molar-refractivity contribution < 1.29 is 9.59 Å². The summed E-state index contributed by atoms with van der Waals surface area (Å²) < 4.78 is 0. The summed E-state index contributed by atoms with van der Waals surface area (Å²) in [4.78, 5) is 16.4. The smallest absolute Gasteiger partial charge is 0.166 e. The first-order valence-electron chi connectivity index (χ1n) is 2.83. The molecule has 0 aromatic rings. The summed E-state index contributed by atoms with van der Waals surface area (Å²) in [5.41, 5.74) is 0. The molecule has 0 rings (SSSR count). The van der Waals surface area contributed by atoms with Crippen molar-refractivity contribution in [3.8, 4) is 0 Å². The fourth-order valence-corrected chi connectivity index (χ4v) is 0. The van der Waals surface area contributed by atoms with Crippen molar-refractivity contribution in [2.24, 2.45) is 0 Å². The highest BCUT2D eigenvalue weighted by atomic mass is 28.3. The van der Waals surface area contributed by atoms with Crippen LogP contribution in [0.5, 0.6) is 0 Å². The normalized spacial score (nSPS) is 9.00. The van der Waals surface area contributed by atoms with Crippen molar-refractivity contribution >= 4 is 18.1 Å². The molecule has 0 unspecified atom stereocenters. The molecule has 0 aromatic carbocycles. The Morgan fingerprint density at radius 3 is 0.750 bits per heavy atom. The van der Waals surface area contributed by atoms with Crippen LogP contribution in [0.1, 0.15) is 0 Å². The Balaban J connectivity index is 0. The van der Waals surface area contributed by atoms with Gasteiger partial charge in [0, 0.05) is 0 Å². The minimum Gasteiger partial charge on any atom is -0.435 e. The van der Waals surface area contributed by atoms with E-state index in [0.29, 0.717) is 0 Å². The fraction of sp³-hybridized carbons (Fsp3) is 1.00. The molecule has 0 heterocycles. The highest BCUT2D eigenvalue weighted by molar-refractivity contribution is 6.46. The Morgan fingerprint density at radius 2 is 0.750 bits per heavy atom. The standard InChI is InChI=1S/2C2H8OSi/c2*1-4(2)3/h2*3-4H,1-2H3. The Bertz CT molecular complexity index is 27.5. The second-order valence-corrected chi connectivity index (χ2v) is 6.56. The highest BCUT2D eigenvalue weighted by Gasteiger charge is 1.75. The topological polar surface area (TPSA) is 40.5 Å². The fourth-order valence-electron chi connectivity index (χ4n) is 0. The molecule has 2 nitrogen and oxygen atoms in total. The molecule has 0 aliphatic rings. The maximum absolute atomic E-state index is 8.19. The lowest BCUT2D eigenvalue weighted by Crippen LogP contribution is -1.93. The van der Waals surface area contributed by atoms with E-state index in [1.54, 1.807) is 0 Å². The average Bonchev–Trinajstić information content (AvgIpc) is 1.25. The van der Waals surface area contributed by atoms with Crippen LogP contribution in [0.15, 0.2) is 0 Å². The van der Waals surface area contributed by atoms with E-state index in [2.05, 4.69) is 0 Å². The van der Waals surface area contributed by atoms with E-state index in [4.69, 9.17) is 9.59 Å². The van der Waals surface area contributed by atoms with Crippen LogP contribution in [0.25, 0.3) is 0 Å². The molecule has 0 saturated carbocycles. The molecule has 0 radical (unpaired) electrons. The van der Waals surface area contributed by atoms with Gasteiger partial charge in [0.05, 0.1) is 0 Å². The van der Waals surface area contributed by atoms with Crippen molar-refractivity contribution in [1.29, 1.82) is 0 Å². The van der Waals surface area contributed by atoms with Crippen LogP contribution in [0, 0.1) is 0 Å². The van der Waals surface area contributed by atoms with E-state index in [0.717, 1.165) is 0 Å². The van der Waals surface area contributed by atoms with Gasteiger partial charge >= 0.3 is 0 Å². The first-order valence-corrected chi connectivity index (χ1v) is 8.48. The maximum Gasteiger partial charge on any atom is 0.166 e. The third kappa shape index (κ3) is 1460. The molecule has 0 aromatic heterocycles. The van der Waals surface area contributed by atoms with E-state index in [1.165, 1.54) is 0 Å². The van der Waals surface area contributed by atoms with Crippen LogP contribution in [-0.2, 0) is 0 Å². The van der Waals surface area contributed by atoms with Crippen LogP contribution < -0.4 is 0 Å². The zero-order chi connectivity index (χ0) is 7.15. The van der Waals surface area contributed by atoms with Crippen LogP contribution in [-0.4, -0.2) is 27.7 Å². The Labute approximate surface area is 54.6 Å². The van der Waals surface area contributed by atoms with Gasteiger partial charge < -0.3 is 9.59 Å². The predicted octanol–water partition coefficient (Wildman–Crippen LogP) is -0.0758. The summed E-state index contributed by atoms with van der Waals surface area (Å²) in [7, 11) is -2.28. The SMILES string of the molecule is C[SiH](C)O.C[SiH](C)O. The van der Waals surface area contributed by atoms with Gasteiger partial charge in [-0.05, 0) is 26.2 Å². The molecular formula is C4H16O2Si2. The molecule has 0 amide bonds. The van der Waals surface area contributed by atoms with E-state index in [-0.39, 0.29) is 0 Å². The minimum absolute atomic E-state index is 1.14. The van der Waals surface area contributed by atoms with Crippen molar-refractivity contribution in [2.75, 3.05) is 0 Å². The van der Waals surface area contributed by atoms with E-state index < -0.39 is 18.1 Å². The zero-order valence-electron chi connectivity index (χ0n) is 6.05. The number of hydrogen-bond donors (Lipinski definition) is 2. The molecule has 0 atom stereocenters. The lowest BCUT2D eigenvalue weighted by molar-refractivity contribution is 0.586. The number of hydrogen-bond acceptors (Lipinski definition) is 2. The molecule has 0 aliphatic heterocycles. The molecule has 0 spiro atoms. The van der Waals surface area contributed by atoms with Crippen molar-refractivity contribution in [1.82, 2.24) is 0 Å². The van der Waals surface area contributed by atoms with Crippen molar-refractivity contribution in [2.45, 2.75) is 26.2 Å². The van der Waals surface area contributed by atoms with Gasteiger partial charge in [0.25, 0.3) is 0 Å². The molecule has 0 fully saturated rings. The van der Waals surface area contributed by atoms with Crippen molar-refractivity contribution in [3.05, 3.63) is 0 Å². The predicted molar refractivity (Wildman–Crippen MR) is 42.2 cm³/mol. The summed E-state index contributed by atoms with van der Waals surface area (Å²) in [6.45, 7) is 7.44. The molecule has 8 heavy (non-hydrogen) atoms. The van der Waals surface area contributed by atoms with Gasteiger partial charge in [0.15, 0.2) is 18.1 Å². The lowest BCUT2D eigenvalue weighted by atomic mass is 11.9. The van der Waals surface area contributed by atoms with Gasteiger partial charge in [-0.3, -0.25) is 0 Å². The molecule has 52 valence electrons. The average molecular weight is 152 g/mol. The molecule has 2 N–H and O–H groups in total. The van der Waals surface area contributed by atoms with Gasteiger partial charge in [-0.1, -0.05) is 0 Å². The van der Waals surface area contributed by atoms with Crippen LogP contribution in [0.3, 0.4) is 0 Å². The third-order valence-corrected chi connectivity index (χ3v) is 0. The van der Waals surface area contributed by atoms with E-state index >= 15 is 0 Å². The Morgan fingerprint density at radius 1 is 0.750 bits per heavy atom. The summed E-state index contributed by atoms with van der Waals surface area (Å²) in [6, 6.07) is 0. The summed E-state index contributed by atoms with van der Waals surface area (Å²) in [5.74, 6) is 0. The van der Waals surface area contributed by atoms with Gasteiger partial charge in [-0.15, -0.1) is 0 Å². The third-order valence-electron chi connectivity index (χ3n) is 0. The largest absolute Gasteiger partial charge is 0.435 e. The molecule has 0 saturated heterocycles. The maximum atomic E-state index is 8.19. The Kier molecular flexibility index (Phi) is 10.3. The van der Waals surface area contributed by atoms with Gasteiger partial charge in [-0.2, -0.15) is 0 Å². The molecule has 0 aliphatic carbocycles. The van der Waals surface area contributed by atoms with Gasteiger partial charge in [0.2, 0.25) is 0 Å². The van der Waals surface area contributed by atoms with Crippen LogP contribution in [0.2, 0.25) is 26.2 Å². The van der Waals surface area contributed by atoms with Gasteiger partial charge in [-0.25, -0.2) is 0 Å². The second kappa shape index (κ2) is 7.35. The van der Waals surface area contributed by atoms with E-state index in [1.807, 2.05) is 26.2 Å². The first-order chi connectivity index (χ1) is 3.46. The monoisotopic (exact) mass is 152 g/mol. The lowest BCUT2D eigenvalue weighted by Gasteiger charge is -1.76. The van der Waals surface area contributed by atoms with Crippen molar-refractivity contribution in [3.63, 3.8) is 0 Å². The minimum atomic E-state index is -1.14. The first kappa shape index (κ1) is 11.2. The van der Waals surface area contributed by atoms with Crippen LogP contribution in [0.4, 0.5) is 0 Å². The summed E-state index contributed by atoms with van der Waals surface area (Å²) >= 11 is 0. The summed E-state index contributed by atoms with van der Waals surface area (Å²) in [6.07, 6.45) is 0. The number of rotatable bonds is 0. The van der Waals surface area contributed by atoms with Gasteiger partial charge in [0.1, 0.15) is 0 Å². The molecule has 0 bridgehead atoms.